The molecule has 0 aliphatic carbocycles. The second-order valence-corrected chi connectivity index (χ2v) is 1.33. The molecule has 0 atom stereocenters. The molecule has 0 saturated heterocycles. The second kappa shape index (κ2) is 7.14. The third-order valence-corrected chi connectivity index (χ3v) is 0.629. The fraction of sp³-hybridized carbons (Fsp3) is 0.333. The minimum absolute atomic E-state index is 0.528. The highest BCUT2D eigenvalue weighted by atomic mass is 14.7. The Morgan fingerprint density at radius 3 is 2.78 bits per heavy atom. The first-order valence-corrected chi connectivity index (χ1v) is 2.70. The summed E-state index contributed by atoms with van der Waals surface area (Å²) in [4.78, 5) is 7.51. The van der Waals surface area contributed by atoms with Gasteiger partial charge in [0.1, 0.15) is 0 Å². The molecule has 0 saturated carbocycles. The monoisotopic (exact) mass is 120 g/mol. The summed E-state index contributed by atoms with van der Waals surface area (Å²) in [5.74, 6) is 0. The molecular weight excluding hydrogens is 111 g/mol. The van der Waals surface area contributed by atoms with Crippen LogP contribution in [0.3, 0.4) is 0 Å². The van der Waals surface area contributed by atoms with Crippen LogP contribution in [0.2, 0.25) is 6.32 Å². The molecule has 2 radical (unpaired) electrons. The summed E-state index contributed by atoms with van der Waals surface area (Å²) < 4.78 is 0. The molecule has 0 aliphatic rings. The first-order valence-electron chi connectivity index (χ1n) is 2.70. The molecule has 0 unspecified atom stereocenters. The van der Waals surface area contributed by atoms with Crippen LogP contribution >= 0.6 is 0 Å². The van der Waals surface area contributed by atoms with Crippen molar-refractivity contribution in [2.75, 3.05) is 7.05 Å². The lowest BCUT2D eigenvalue weighted by Crippen LogP contribution is -1.70. The molecule has 0 heterocycles. The highest BCUT2D eigenvalue weighted by Gasteiger charge is 1.61. The van der Waals surface area contributed by atoms with E-state index in [1.165, 1.54) is 0 Å². The molecule has 0 aliphatic heterocycles. The van der Waals surface area contributed by atoms with Gasteiger partial charge < -0.3 is 0 Å². The van der Waals surface area contributed by atoms with E-state index in [9.17, 15) is 0 Å². The number of aliphatic imine (C=N–C) groups is 2. The summed E-state index contributed by atoms with van der Waals surface area (Å²) in [6, 6.07) is 0. The Balaban J connectivity index is 3.35. The lowest BCUT2D eigenvalue weighted by atomic mass is 10.1. The molecule has 0 fully saturated rings. The van der Waals surface area contributed by atoms with Crippen LogP contribution in [0.5, 0.6) is 0 Å². The Bertz CT molecular complexity index is 127. The maximum absolute atomic E-state index is 5.15. The van der Waals surface area contributed by atoms with Crippen LogP contribution < -0.4 is 0 Å². The largest absolute Gasteiger partial charge is 0.295 e. The van der Waals surface area contributed by atoms with Crippen LogP contribution in [-0.2, 0) is 0 Å². The molecule has 3 heteroatoms. The number of allylic oxidation sites excluding steroid dienone is 1. The van der Waals surface area contributed by atoms with Crippen molar-refractivity contribution in [1.82, 2.24) is 0 Å². The zero-order chi connectivity index (χ0) is 6.95. The van der Waals surface area contributed by atoms with Crippen LogP contribution in [-0.4, -0.2) is 27.3 Å². The van der Waals surface area contributed by atoms with Crippen molar-refractivity contribution in [2.45, 2.75) is 6.32 Å². The summed E-state index contributed by atoms with van der Waals surface area (Å²) in [5.41, 5.74) is 0. The van der Waals surface area contributed by atoms with Gasteiger partial charge in [0.25, 0.3) is 0 Å². The topological polar surface area (TPSA) is 24.7 Å². The van der Waals surface area contributed by atoms with Crippen LogP contribution in [0.1, 0.15) is 0 Å². The molecule has 2 nitrogen and oxygen atoms in total. The molecule has 0 bridgehead atoms. The zero-order valence-electron chi connectivity index (χ0n) is 5.49. The minimum atomic E-state index is 0.528. The standard InChI is InChI=1S/C6H9BN2/c1-8-5-6-9-4-2-3-7/h2,4-6H,3H2,1H3/b4-2-,8-5?,9-6?. The maximum atomic E-state index is 5.15. The number of rotatable bonds is 3. The Morgan fingerprint density at radius 2 is 2.22 bits per heavy atom. The maximum Gasteiger partial charge on any atom is 0.0709 e. The predicted molar refractivity (Wildman–Crippen MR) is 42.6 cm³/mol. The average molecular weight is 120 g/mol. The molecule has 0 aromatic heterocycles. The molecule has 46 valence electrons. The second-order valence-electron chi connectivity index (χ2n) is 1.33. The lowest BCUT2D eigenvalue weighted by Gasteiger charge is -1.73. The van der Waals surface area contributed by atoms with E-state index in [1.54, 1.807) is 31.8 Å². The van der Waals surface area contributed by atoms with Gasteiger partial charge in [-0.05, 0) is 0 Å². The molecule has 0 rings (SSSR count). The van der Waals surface area contributed by atoms with E-state index in [1.807, 2.05) is 0 Å². The van der Waals surface area contributed by atoms with E-state index in [-0.39, 0.29) is 0 Å². The Kier molecular flexibility index (Phi) is 6.47. The summed E-state index contributed by atoms with van der Waals surface area (Å²) in [5, 5.41) is 0. The predicted octanol–water partition coefficient (Wildman–Crippen LogP) is 0.858. The molecule has 0 N–H and O–H groups in total. The van der Waals surface area contributed by atoms with Crippen molar-refractivity contribution in [3.8, 4) is 0 Å². The Labute approximate surface area is 56.8 Å². The van der Waals surface area contributed by atoms with Gasteiger partial charge in [-0.15, -0.1) is 0 Å². The van der Waals surface area contributed by atoms with Crippen molar-refractivity contribution >= 4 is 20.3 Å². The first kappa shape index (κ1) is 8.14. The molecular formula is C6H9BN2. The van der Waals surface area contributed by atoms with E-state index >= 15 is 0 Å². The normalized spacial score (nSPS) is 12.6. The molecule has 9 heavy (non-hydrogen) atoms. The third kappa shape index (κ3) is 7.14. The van der Waals surface area contributed by atoms with E-state index in [2.05, 4.69) is 9.98 Å². The third-order valence-electron chi connectivity index (χ3n) is 0.629. The van der Waals surface area contributed by atoms with Gasteiger partial charge in [-0.25, -0.2) is 0 Å². The van der Waals surface area contributed by atoms with Gasteiger partial charge in [0.05, 0.1) is 7.85 Å². The van der Waals surface area contributed by atoms with Crippen LogP contribution in [0.4, 0.5) is 0 Å². The van der Waals surface area contributed by atoms with Crippen molar-refractivity contribution in [3.63, 3.8) is 0 Å². The van der Waals surface area contributed by atoms with Gasteiger partial charge in [0, 0.05) is 25.7 Å². The van der Waals surface area contributed by atoms with Gasteiger partial charge in [0.15, 0.2) is 0 Å². The van der Waals surface area contributed by atoms with E-state index in [4.69, 9.17) is 7.85 Å². The van der Waals surface area contributed by atoms with Crippen LogP contribution in [0.15, 0.2) is 22.3 Å². The van der Waals surface area contributed by atoms with E-state index in [0.717, 1.165) is 0 Å². The molecule has 0 aromatic rings. The minimum Gasteiger partial charge on any atom is -0.295 e. The van der Waals surface area contributed by atoms with Crippen molar-refractivity contribution in [2.24, 2.45) is 9.98 Å². The average Bonchev–Trinajstić information content (AvgIpc) is 1.89. The lowest BCUT2D eigenvalue weighted by molar-refractivity contribution is 1.48. The smallest absolute Gasteiger partial charge is 0.0709 e. The van der Waals surface area contributed by atoms with Crippen LogP contribution in [0, 0.1) is 0 Å². The van der Waals surface area contributed by atoms with Gasteiger partial charge >= 0.3 is 0 Å². The summed E-state index contributed by atoms with van der Waals surface area (Å²) in [6.07, 6.45) is 7.15. The van der Waals surface area contributed by atoms with Crippen molar-refractivity contribution in [1.29, 1.82) is 0 Å². The SMILES string of the molecule is [B]C/C=C\N=CC=NC. The summed E-state index contributed by atoms with van der Waals surface area (Å²) >= 11 is 0. The van der Waals surface area contributed by atoms with Crippen molar-refractivity contribution in [3.05, 3.63) is 12.3 Å². The summed E-state index contributed by atoms with van der Waals surface area (Å²) in [7, 11) is 6.84. The first-order chi connectivity index (χ1) is 4.41. The number of nitrogens with zero attached hydrogens (tertiary/aromatic N) is 2. The molecule has 0 spiro atoms. The van der Waals surface area contributed by atoms with Crippen LogP contribution in [0.25, 0.3) is 0 Å². The number of hydrogen-bond donors (Lipinski definition) is 0. The molecule has 0 amide bonds. The zero-order valence-corrected chi connectivity index (χ0v) is 5.49. The highest BCUT2D eigenvalue weighted by Crippen LogP contribution is 1.75. The van der Waals surface area contributed by atoms with Gasteiger partial charge in [-0.1, -0.05) is 12.4 Å². The summed E-state index contributed by atoms with van der Waals surface area (Å²) in [6.45, 7) is 0. The fourth-order valence-corrected chi connectivity index (χ4v) is 0.277. The van der Waals surface area contributed by atoms with Gasteiger partial charge in [0.2, 0.25) is 0 Å². The quantitative estimate of drug-likeness (QED) is 0.389. The highest BCUT2D eigenvalue weighted by molar-refractivity contribution is 6.16. The number of hydrogen-bond acceptors (Lipinski definition) is 2. The van der Waals surface area contributed by atoms with Gasteiger partial charge in [-0.3, -0.25) is 9.98 Å². The Morgan fingerprint density at radius 1 is 1.44 bits per heavy atom. The Hall–Kier alpha value is -0.855. The van der Waals surface area contributed by atoms with E-state index < -0.39 is 0 Å². The van der Waals surface area contributed by atoms with E-state index in [0.29, 0.717) is 6.32 Å². The van der Waals surface area contributed by atoms with Crippen molar-refractivity contribution < 1.29 is 0 Å². The fourth-order valence-electron chi connectivity index (χ4n) is 0.277. The van der Waals surface area contributed by atoms with Gasteiger partial charge in [-0.2, -0.15) is 0 Å². The molecule has 0 aromatic carbocycles.